The number of aliphatic hydroxyl groups excluding tert-OH is 1. The first kappa shape index (κ1) is 15.7. The first-order valence-corrected chi connectivity index (χ1v) is 7.75. The lowest BCUT2D eigenvalue weighted by molar-refractivity contribution is 0.350. The summed E-state index contributed by atoms with van der Waals surface area (Å²) in [7, 11) is -3.26. The second-order valence-electron chi connectivity index (χ2n) is 4.61. The van der Waals surface area contributed by atoms with Crippen LogP contribution >= 0.6 is 0 Å². The van der Waals surface area contributed by atoms with Crippen LogP contribution in [0.4, 0.5) is 0 Å². The molecule has 0 saturated carbocycles. The summed E-state index contributed by atoms with van der Waals surface area (Å²) in [6.45, 7) is 3.72. The normalized spacial score (nSPS) is 11.2. The predicted octanol–water partition coefficient (Wildman–Crippen LogP) is 1.11. The number of benzene rings is 1. The molecule has 0 aliphatic rings. The molecule has 0 saturated heterocycles. The standard InChI is InChI=1S/C14H19NO3S/c1-12(2)11-19(17,18)15-10-14-7-4-3-6-13(14)8-5-9-16/h3-4,6-7,12,15-16H,9-11H2,1-2H3. The van der Waals surface area contributed by atoms with Crippen molar-refractivity contribution in [3.63, 3.8) is 0 Å². The van der Waals surface area contributed by atoms with Crippen LogP contribution in [0.2, 0.25) is 0 Å². The van der Waals surface area contributed by atoms with E-state index in [1.54, 1.807) is 6.07 Å². The summed E-state index contributed by atoms with van der Waals surface area (Å²) in [6.07, 6.45) is 0. The lowest BCUT2D eigenvalue weighted by Gasteiger charge is -2.09. The fourth-order valence-electron chi connectivity index (χ4n) is 1.62. The predicted molar refractivity (Wildman–Crippen MR) is 75.9 cm³/mol. The van der Waals surface area contributed by atoms with Crippen LogP contribution in [-0.2, 0) is 16.6 Å². The van der Waals surface area contributed by atoms with E-state index in [4.69, 9.17) is 5.11 Å². The molecule has 0 spiro atoms. The molecule has 1 aromatic carbocycles. The summed E-state index contributed by atoms with van der Waals surface area (Å²) < 4.78 is 26.1. The van der Waals surface area contributed by atoms with Gasteiger partial charge >= 0.3 is 0 Å². The Morgan fingerprint density at radius 3 is 2.63 bits per heavy atom. The van der Waals surface area contributed by atoms with Crippen LogP contribution in [0.15, 0.2) is 24.3 Å². The molecule has 0 atom stereocenters. The van der Waals surface area contributed by atoms with Crippen molar-refractivity contribution in [2.45, 2.75) is 20.4 Å². The van der Waals surface area contributed by atoms with Crippen molar-refractivity contribution >= 4 is 10.0 Å². The summed E-state index contributed by atoms with van der Waals surface area (Å²) in [5.41, 5.74) is 1.53. The molecule has 0 amide bonds. The maximum atomic E-state index is 11.8. The van der Waals surface area contributed by atoms with Gasteiger partial charge in [-0.1, -0.05) is 43.9 Å². The maximum absolute atomic E-state index is 11.8. The van der Waals surface area contributed by atoms with Gasteiger partial charge in [0.2, 0.25) is 10.0 Å². The Morgan fingerprint density at radius 1 is 1.32 bits per heavy atom. The summed E-state index contributed by atoms with van der Waals surface area (Å²) in [4.78, 5) is 0. The number of rotatable bonds is 5. The number of hydrogen-bond donors (Lipinski definition) is 2. The van der Waals surface area contributed by atoms with Crippen molar-refractivity contribution in [2.24, 2.45) is 5.92 Å². The van der Waals surface area contributed by atoms with Crippen molar-refractivity contribution in [1.82, 2.24) is 4.72 Å². The Kier molecular flexibility index (Phi) is 6.03. The van der Waals surface area contributed by atoms with Crippen LogP contribution in [-0.4, -0.2) is 25.9 Å². The monoisotopic (exact) mass is 281 g/mol. The third-order valence-electron chi connectivity index (χ3n) is 2.35. The second-order valence-corrected chi connectivity index (χ2v) is 6.46. The van der Waals surface area contributed by atoms with Crippen molar-refractivity contribution < 1.29 is 13.5 Å². The summed E-state index contributed by atoms with van der Waals surface area (Å²) in [5, 5.41) is 8.69. The van der Waals surface area contributed by atoms with E-state index in [0.29, 0.717) is 0 Å². The van der Waals surface area contributed by atoms with Gasteiger partial charge in [-0.3, -0.25) is 0 Å². The van der Waals surface area contributed by atoms with E-state index >= 15 is 0 Å². The van der Waals surface area contributed by atoms with Crippen LogP contribution in [0, 0.1) is 17.8 Å². The fraction of sp³-hybridized carbons (Fsp3) is 0.429. The topological polar surface area (TPSA) is 66.4 Å². The Bertz CT molecular complexity index is 568. The SMILES string of the molecule is CC(C)CS(=O)(=O)NCc1ccccc1C#CCO. The molecule has 104 valence electrons. The van der Waals surface area contributed by atoms with Crippen LogP contribution < -0.4 is 4.72 Å². The van der Waals surface area contributed by atoms with Crippen LogP contribution in [0.25, 0.3) is 0 Å². The molecule has 1 rings (SSSR count). The molecule has 0 radical (unpaired) electrons. The molecule has 0 heterocycles. The Hall–Kier alpha value is -1.35. The number of aliphatic hydroxyl groups is 1. The summed E-state index contributed by atoms with van der Waals surface area (Å²) >= 11 is 0. The molecule has 0 aliphatic heterocycles. The van der Waals surface area contributed by atoms with Gasteiger partial charge < -0.3 is 5.11 Å². The minimum absolute atomic E-state index is 0.0851. The van der Waals surface area contributed by atoms with E-state index in [9.17, 15) is 8.42 Å². The van der Waals surface area contributed by atoms with Gasteiger partial charge in [0, 0.05) is 12.1 Å². The molecule has 0 aromatic heterocycles. The molecule has 0 unspecified atom stereocenters. The zero-order valence-electron chi connectivity index (χ0n) is 11.2. The molecular weight excluding hydrogens is 262 g/mol. The van der Waals surface area contributed by atoms with Crippen LogP contribution in [0.3, 0.4) is 0 Å². The van der Waals surface area contributed by atoms with Gasteiger partial charge in [0.1, 0.15) is 6.61 Å². The first-order chi connectivity index (χ1) is 8.94. The number of sulfonamides is 1. The van der Waals surface area contributed by atoms with Gasteiger partial charge in [0.25, 0.3) is 0 Å². The molecule has 5 heteroatoms. The van der Waals surface area contributed by atoms with Crippen molar-refractivity contribution in [3.8, 4) is 11.8 Å². The van der Waals surface area contributed by atoms with E-state index in [2.05, 4.69) is 16.6 Å². The van der Waals surface area contributed by atoms with Gasteiger partial charge in [-0.05, 0) is 17.5 Å². The molecule has 2 N–H and O–H groups in total. The lowest BCUT2D eigenvalue weighted by atomic mass is 10.1. The van der Waals surface area contributed by atoms with E-state index in [-0.39, 0.29) is 24.8 Å². The zero-order chi connectivity index (χ0) is 14.3. The van der Waals surface area contributed by atoms with Gasteiger partial charge in [0.15, 0.2) is 0 Å². The van der Waals surface area contributed by atoms with Crippen molar-refractivity contribution in [2.75, 3.05) is 12.4 Å². The number of hydrogen-bond acceptors (Lipinski definition) is 3. The van der Waals surface area contributed by atoms with Crippen LogP contribution in [0.1, 0.15) is 25.0 Å². The zero-order valence-corrected chi connectivity index (χ0v) is 12.0. The third-order valence-corrected chi connectivity index (χ3v) is 4.04. The Balaban J connectivity index is 2.78. The molecule has 1 aromatic rings. The highest BCUT2D eigenvalue weighted by Crippen LogP contribution is 2.08. The fourth-order valence-corrected chi connectivity index (χ4v) is 2.99. The lowest BCUT2D eigenvalue weighted by Crippen LogP contribution is -2.28. The maximum Gasteiger partial charge on any atom is 0.212 e. The quantitative estimate of drug-likeness (QED) is 0.794. The molecule has 4 nitrogen and oxygen atoms in total. The smallest absolute Gasteiger partial charge is 0.212 e. The van der Waals surface area contributed by atoms with E-state index in [0.717, 1.165) is 11.1 Å². The van der Waals surface area contributed by atoms with Gasteiger partial charge in [-0.25, -0.2) is 13.1 Å². The van der Waals surface area contributed by atoms with Gasteiger partial charge in [0.05, 0.1) is 5.75 Å². The van der Waals surface area contributed by atoms with E-state index < -0.39 is 10.0 Å². The van der Waals surface area contributed by atoms with Crippen molar-refractivity contribution in [1.29, 1.82) is 0 Å². The largest absolute Gasteiger partial charge is 0.384 e. The average molecular weight is 281 g/mol. The van der Waals surface area contributed by atoms with Gasteiger partial charge in [-0.2, -0.15) is 0 Å². The average Bonchev–Trinajstić information content (AvgIpc) is 2.33. The van der Waals surface area contributed by atoms with Gasteiger partial charge in [-0.15, -0.1) is 0 Å². The summed E-state index contributed by atoms with van der Waals surface area (Å²) in [6, 6.07) is 7.28. The Morgan fingerprint density at radius 2 is 2.00 bits per heavy atom. The third kappa shape index (κ3) is 5.88. The van der Waals surface area contributed by atoms with E-state index in [1.165, 1.54) is 0 Å². The molecule has 0 aliphatic carbocycles. The second kappa shape index (κ2) is 7.29. The molecule has 0 bridgehead atoms. The minimum Gasteiger partial charge on any atom is -0.384 e. The van der Waals surface area contributed by atoms with Crippen LogP contribution in [0.5, 0.6) is 0 Å². The first-order valence-electron chi connectivity index (χ1n) is 6.09. The van der Waals surface area contributed by atoms with E-state index in [1.807, 2.05) is 32.0 Å². The van der Waals surface area contributed by atoms with Crippen molar-refractivity contribution in [3.05, 3.63) is 35.4 Å². The summed E-state index contributed by atoms with van der Waals surface area (Å²) in [5.74, 6) is 5.56. The molecule has 19 heavy (non-hydrogen) atoms. The number of nitrogens with one attached hydrogen (secondary N) is 1. The minimum atomic E-state index is -3.26. The molecule has 0 fully saturated rings. The highest BCUT2D eigenvalue weighted by atomic mass is 32.2. The highest BCUT2D eigenvalue weighted by Gasteiger charge is 2.12. The highest BCUT2D eigenvalue weighted by molar-refractivity contribution is 7.89. The molecular formula is C14H19NO3S. The Labute approximate surface area is 114 Å².